The number of likely N-dealkylation sites (tertiary alicyclic amines) is 1. The first-order valence-corrected chi connectivity index (χ1v) is 11.6. The van der Waals surface area contributed by atoms with Gasteiger partial charge in [0.25, 0.3) is 11.8 Å². The van der Waals surface area contributed by atoms with Crippen molar-refractivity contribution in [2.75, 3.05) is 18.4 Å². The Bertz CT molecular complexity index is 1140. The predicted octanol–water partition coefficient (Wildman–Crippen LogP) is 4.42. The summed E-state index contributed by atoms with van der Waals surface area (Å²) in [6.45, 7) is 3.50. The van der Waals surface area contributed by atoms with Crippen LogP contribution in [0, 0.1) is 12.8 Å². The van der Waals surface area contributed by atoms with Crippen molar-refractivity contribution < 1.29 is 14.4 Å². The lowest BCUT2D eigenvalue weighted by Gasteiger charge is -2.32. The van der Waals surface area contributed by atoms with Gasteiger partial charge in [-0.2, -0.15) is 0 Å². The van der Waals surface area contributed by atoms with E-state index in [2.05, 4.69) is 10.6 Å². The molecule has 0 radical (unpaired) electrons. The summed E-state index contributed by atoms with van der Waals surface area (Å²) in [7, 11) is 0. The van der Waals surface area contributed by atoms with Crippen LogP contribution in [0.4, 0.5) is 5.69 Å². The SMILES string of the molecule is Cc1ccc(C(=O)Nc2ccc(C(=O)N3CCCC(C(=O)NCc4ccccc4)C3)cc2)cc1. The lowest BCUT2D eigenvalue weighted by atomic mass is 9.96. The molecule has 0 aliphatic carbocycles. The molecule has 1 heterocycles. The Labute approximate surface area is 200 Å². The number of anilines is 1. The highest BCUT2D eigenvalue weighted by atomic mass is 16.2. The van der Waals surface area contributed by atoms with Crippen LogP contribution in [0.2, 0.25) is 0 Å². The fourth-order valence-corrected chi connectivity index (χ4v) is 4.09. The maximum Gasteiger partial charge on any atom is 0.255 e. The van der Waals surface area contributed by atoms with Crippen LogP contribution >= 0.6 is 0 Å². The Kier molecular flexibility index (Phi) is 7.38. The number of nitrogens with zero attached hydrogens (tertiary/aromatic N) is 1. The number of hydrogen-bond acceptors (Lipinski definition) is 3. The van der Waals surface area contributed by atoms with Gasteiger partial charge in [0.15, 0.2) is 0 Å². The third kappa shape index (κ3) is 5.90. The molecular formula is C28H29N3O3. The molecule has 3 amide bonds. The highest BCUT2D eigenvalue weighted by Gasteiger charge is 2.28. The zero-order chi connectivity index (χ0) is 23.9. The minimum atomic E-state index is -0.213. The van der Waals surface area contributed by atoms with Gasteiger partial charge in [-0.15, -0.1) is 0 Å². The van der Waals surface area contributed by atoms with Crippen LogP contribution in [-0.4, -0.2) is 35.7 Å². The Morgan fingerprint density at radius 1 is 0.882 bits per heavy atom. The standard InChI is InChI=1S/C28H29N3O3/c1-20-9-11-22(12-10-20)27(33)30-25-15-13-23(14-16-25)28(34)31-17-5-8-24(19-31)26(32)29-18-21-6-3-2-4-7-21/h2-4,6-7,9-16,24H,5,8,17-19H2,1H3,(H,29,32)(H,30,33). The number of rotatable bonds is 6. The molecule has 1 fully saturated rings. The van der Waals surface area contributed by atoms with Gasteiger partial charge in [-0.25, -0.2) is 0 Å². The topological polar surface area (TPSA) is 78.5 Å². The average Bonchev–Trinajstić information content (AvgIpc) is 2.88. The fraction of sp³-hybridized carbons (Fsp3) is 0.250. The summed E-state index contributed by atoms with van der Waals surface area (Å²) in [5.74, 6) is -0.526. The summed E-state index contributed by atoms with van der Waals surface area (Å²) in [5, 5.41) is 5.85. The van der Waals surface area contributed by atoms with E-state index in [0.29, 0.717) is 36.4 Å². The quantitative estimate of drug-likeness (QED) is 0.578. The fourth-order valence-electron chi connectivity index (χ4n) is 4.09. The highest BCUT2D eigenvalue weighted by Crippen LogP contribution is 2.20. The van der Waals surface area contributed by atoms with Crippen molar-refractivity contribution in [3.63, 3.8) is 0 Å². The molecule has 2 N–H and O–H groups in total. The van der Waals surface area contributed by atoms with E-state index < -0.39 is 0 Å². The van der Waals surface area contributed by atoms with Crippen molar-refractivity contribution in [3.8, 4) is 0 Å². The van der Waals surface area contributed by atoms with Gasteiger partial charge in [0, 0.05) is 36.4 Å². The lowest BCUT2D eigenvalue weighted by Crippen LogP contribution is -2.45. The molecule has 1 aliphatic rings. The summed E-state index contributed by atoms with van der Waals surface area (Å²) in [6, 6.07) is 24.0. The van der Waals surface area contributed by atoms with Crippen molar-refractivity contribution in [3.05, 3.63) is 101 Å². The molecule has 0 saturated carbocycles. The van der Waals surface area contributed by atoms with E-state index in [1.54, 1.807) is 41.3 Å². The molecule has 4 rings (SSSR count). The van der Waals surface area contributed by atoms with Crippen LogP contribution in [0.5, 0.6) is 0 Å². The van der Waals surface area contributed by atoms with E-state index >= 15 is 0 Å². The van der Waals surface area contributed by atoms with Crippen LogP contribution < -0.4 is 10.6 Å². The van der Waals surface area contributed by atoms with E-state index in [4.69, 9.17) is 0 Å². The van der Waals surface area contributed by atoms with Crippen molar-refractivity contribution in [1.82, 2.24) is 10.2 Å². The molecule has 1 saturated heterocycles. The summed E-state index contributed by atoms with van der Waals surface area (Å²) in [5.41, 5.74) is 3.88. The first-order valence-electron chi connectivity index (χ1n) is 11.6. The Balaban J connectivity index is 1.32. The number of hydrogen-bond donors (Lipinski definition) is 2. The molecule has 1 atom stereocenters. The number of aryl methyl sites for hydroxylation is 1. The predicted molar refractivity (Wildman–Crippen MR) is 132 cm³/mol. The van der Waals surface area contributed by atoms with Crippen molar-refractivity contribution in [1.29, 1.82) is 0 Å². The third-order valence-electron chi connectivity index (χ3n) is 6.09. The van der Waals surface area contributed by atoms with Crippen LogP contribution in [0.15, 0.2) is 78.9 Å². The van der Waals surface area contributed by atoms with Crippen LogP contribution in [0.3, 0.4) is 0 Å². The van der Waals surface area contributed by atoms with Gasteiger partial charge in [0.05, 0.1) is 5.92 Å². The number of carbonyl (C=O) groups is 3. The second kappa shape index (κ2) is 10.8. The number of carbonyl (C=O) groups excluding carboxylic acids is 3. The Hall–Kier alpha value is -3.93. The Morgan fingerprint density at radius 3 is 2.26 bits per heavy atom. The van der Waals surface area contributed by atoms with Gasteiger partial charge in [-0.1, -0.05) is 48.0 Å². The van der Waals surface area contributed by atoms with Crippen molar-refractivity contribution in [2.24, 2.45) is 5.92 Å². The van der Waals surface area contributed by atoms with Gasteiger partial charge in [-0.3, -0.25) is 14.4 Å². The Morgan fingerprint density at radius 2 is 1.56 bits per heavy atom. The van der Waals surface area contributed by atoms with Crippen LogP contribution in [0.1, 0.15) is 44.7 Å². The van der Waals surface area contributed by atoms with Gasteiger partial charge < -0.3 is 15.5 Å². The maximum absolute atomic E-state index is 13.0. The van der Waals surface area contributed by atoms with E-state index in [-0.39, 0.29) is 23.6 Å². The molecule has 1 unspecified atom stereocenters. The number of piperidine rings is 1. The van der Waals surface area contributed by atoms with Crippen molar-refractivity contribution in [2.45, 2.75) is 26.3 Å². The molecule has 6 heteroatoms. The minimum Gasteiger partial charge on any atom is -0.352 e. The van der Waals surface area contributed by atoms with Gasteiger partial charge in [-0.05, 0) is 61.7 Å². The van der Waals surface area contributed by atoms with Crippen LogP contribution in [-0.2, 0) is 11.3 Å². The molecule has 0 bridgehead atoms. The van der Waals surface area contributed by atoms with Gasteiger partial charge in [0.1, 0.15) is 0 Å². The van der Waals surface area contributed by atoms with Crippen LogP contribution in [0.25, 0.3) is 0 Å². The summed E-state index contributed by atoms with van der Waals surface area (Å²) < 4.78 is 0. The molecule has 174 valence electrons. The van der Waals surface area contributed by atoms with E-state index in [9.17, 15) is 14.4 Å². The molecular weight excluding hydrogens is 426 g/mol. The summed E-state index contributed by atoms with van der Waals surface area (Å²) in [6.07, 6.45) is 1.56. The highest BCUT2D eigenvalue weighted by molar-refractivity contribution is 6.04. The number of nitrogens with one attached hydrogen (secondary N) is 2. The van der Waals surface area contributed by atoms with E-state index in [1.165, 1.54) is 0 Å². The van der Waals surface area contributed by atoms with Crippen molar-refractivity contribution >= 4 is 23.4 Å². The van der Waals surface area contributed by atoms with Gasteiger partial charge in [0.2, 0.25) is 5.91 Å². The normalized spacial score (nSPS) is 15.4. The molecule has 34 heavy (non-hydrogen) atoms. The molecule has 3 aromatic rings. The molecule has 6 nitrogen and oxygen atoms in total. The molecule has 0 aromatic heterocycles. The van der Waals surface area contributed by atoms with E-state index in [0.717, 1.165) is 24.0 Å². The smallest absolute Gasteiger partial charge is 0.255 e. The first kappa shape index (κ1) is 23.2. The summed E-state index contributed by atoms with van der Waals surface area (Å²) in [4.78, 5) is 39.9. The second-order valence-corrected chi connectivity index (χ2v) is 8.69. The van der Waals surface area contributed by atoms with E-state index in [1.807, 2.05) is 49.4 Å². The summed E-state index contributed by atoms with van der Waals surface area (Å²) >= 11 is 0. The zero-order valence-corrected chi connectivity index (χ0v) is 19.3. The number of benzene rings is 3. The molecule has 1 aliphatic heterocycles. The van der Waals surface area contributed by atoms with Gasteiger partial charge >= 0.3 is 0 Å². The molecule has 0 spiro atoms. The first-order chi connectivity index (χ1) is 16.5. The second-order valence-electron chi connectivity index (χ2n) is 8.69. The third-order valence-corrected chi connectivity index (χ3v) is 6.09. The number of amides is 3. The monoisotopic (exact) mass is 455 g/mol. The molecule has 3 aromatic carbocycles. The largest absolute Gasteiger partial charge is 0.352 e. The average molecular weight is 456 g/mol. The maximum atomic E-state index is 13.0. The zero-order valence-electron chi connectivity index (χ0n) is 19.3. The minimum absolute atomic E-state index is 0.0180. The lowest BCUT2D eigenvalue weighted by molar-refractivity contribution is -0.126.